The SMILES string of the molecule is N#Cc1ccccc1C(=O)N1CC2(CCOCC2)c2cc(-c3cccc(F)c3)ccc21. The highest BCUT2D eigenvalue weighted by molar-refractivity contribution is 6.09. The number of nitrogens with zero attached hydrogens (tertiary/aromatic N) is 2. The topological polar surface area (TPSA) is 53.3 Å². The molecule has 3 aromatic carbocycles. The maximum absolute atomic E-state index is 13.8. The fourth-order valence-corrected chi connectivity index (χ4v) is 4.80. The molecule has 154 valence electrons. The Labute approximate surface area is 180 Å². The van der Waals surface area contributed by atoms with Crippen LogP contribution in [0.5, 0.6) is 0 Å². The molecule has 2 aliphatic rings. The van der Waals surface area contributed by atoms with E-state index in [-0.39, 0.29) is 17.1 Å². The number of amides is 1. The van der Waals surface area contributed by atoms with Crippen LogP contribution in [0.4, 0.5) is 10.1 Å². The molecule has 0 radical (unpaired) electrons. The van der Waals surface area contributed by atoms with Crippen molar-refractivity contribution in [2.24, 2.45) is 0 Å². The van der Waals surface area contributed by atoms with Gasteiger partial charge in [0.05, 0.1) is 17.2 Å². The number of ether oxygens (including phenoxy) is 1. The van der Waals surface area contributed by atoms with E-state index in [1.54, 1.807) is 35.2 Å². The lowest BCUT2D eigenvalue weighted by Gasteiger charge is -2.34. The molecule has 0 N–H and O–H groups in total. The molecule has 0 aliphatic carbocycles. The molecule has 0 bridgehead atoms. The van der Waals surface area contributed by atoms with Gasteiger partial charge in [0.15, 0.2) is 0 Å². The maximum atomic E-state index is 13.8. The van der Waals surface area contributed by atoms with Crippen LogP contribution in [-0.4, -0.2) is 25.7 Å². The van der Waals surface area contributed by atoms with E-state index in [1.165, 1.54) is 12.1 Å². The summed E-state index contributed by atoms with van der Waals surface area (Å²) in [7, 11) is 0. The van der Waals surface area contributed by atoms with Crippen molar-refractivity contribution < 1.29 is 13.9 Å². The lowest BCUT2D eigenvalue weighted by Crippen LogP contribution is -2.40. The summed E-state index contributed by atoms with van der Waals surface area (Å²) < 4.78 is 19.4. The zero-order valence-electron chi connectivity index (χ0n) is 17.0. The minimum absolute atomic E-state index is 0.166. The van der Waals surface area contributed by atoms with Crippen LogP contribution in [0.25, 0.3) is 11.1 Å². The van der Waals surface area contributed by atoms with E-state index in [9.17, 15) is 14.4 Å². The monoisotopic (exact) mass is 412 g/mol. The van der Waals surface area contributed by atoms with E-state index >= 15 is 0 Å². The van der Waals surface area contributed by atoms with Crippen molar-refractivity contribution in [3.63, 3.8) is 0 Å². The number of carbonyl (C=O) groups is 1. The van der Waals surface area contributed by atoms with E-state index < -0.39 is 0 Å². The van der Waals surface area contributed by atoms with Crippen LogP contribution in [-0.2, 0) is 10.2 Å². The third-order valence-corrected chi connectivity index (χ3v) is 6.45. The Balaban J connectivity index is 1.62. The van der Waals surface area contributed by atoms with Gasteiger partial charge < -0.3 is 9.64 Å². The van der Waals surface area contributed by atoms with Gasteiger partial charge in [0.2, 0.25) is 0 Å². The zero-order valence-corrected chi connectivity index (χ0v) is 17.0. The van der Waals surface area contributed by atoms with Crippen molar-refractivity contribution in [3.8, 4) is 17.2 Å². The first kappa shape index (κ1) is 19.5. The molecule has 31 heavy (non-hydrogen) atoms. The molecule has 1 amide bonds. The Morgan fingerprint density at radius 3 is 2.55 bits per heavy atom. The molecule has 0 saturated carbocycles. The third-order valence-electron chi connectivity index (χ3n) is 6.45. The van der Waals surface area contributed by atoms with E-state index in [1.807, 2.05) is 18.2 Å². The Kier molecular flexibility index (Phi) is 4.80. The van der Waals surface area contributed by atoms with Gasteiger partial charge in [0.1, 0.15) is 5.82 Å². The van der Waals surface area contributed by atoms with Crippen LogP contribution in [0.15, 0.2) is 66.7 Å². The van der Waals surface area contributed by atoms with Gasteiger partial charge in [-0.25, -0.2) is 4.39 Å². The van der Waals surface area contributed by atoms with Crippen LogP contribution in [0.1, 0.15) is 34.3 Å². The van der Waals surface area contributed by atoms with Gasteiger partial charge in [-0.05, 0) is 65.9 Å². The highest BCUT2D eigenvalue weighted by Gasteiger charge is 2.46. The smallest absolute Gasteiger partial charge is 0.259 e. The molecule has 5 rings (SSSR count). The summed E-state index contributed by atoms with van der Waals surface area (Å²) in [4.78, 5) is 15.3. The fraction of sp³-hybridized carbons (Fsp3) is 0.231. The Bertz CT molecular complexity index is 1210. The first-order valence-corrected chi connectivity index (χ1v) is 10.4. The quantitative estimate of drug-likeness (QED) is 0.590. The predicted octanol–water partition coefficient (Wildman–Crippen LogP) is 5.07. The highest BCUT2D eigenvalue weighted by Crippen LogP contribution is 2.48. The highest BCUT2D eigenvalue weighted by atomic mass is 19.1. The van der Waals surface area contributed by atoms with Gasteiger partial charge in [0, 0.05) is 30.9 Å². The van der Waals surface area contributed by atoms with Crippen LogP contribution < -0.4 is 4.90 Å². The lowest BCUT2D eigenvalue weighted by molar-refractivity contribution is 0.0547. The first-order valence-electron chi connectivity index (χ1n) is 10.4. The summed E-state index contributed by atoms with van der Waals surface area (Å²) in [5.41, 5.74) is 4.28. The minimum Gasteiger partial charge on any atom is -0.381 e. The number of halogens is 1. The second-order valence-electron chi connectivity index (χ2n) is 8.18. The molecule has 0 aromatic heterocycles. The third kappa shape index (κ3) is 3.30. The van der Waals surface area contributed by atoms with Crippen molar-refractivity contribution in [1.29, 1.82) is 5.26 Å². The minimum atomic E-state index is -0.274. The van der Waals surface area contributed by atoms with Gasteiger partial charge in [-0.3, -0.25) is 4.79 Å². The Morgan fingerprint density at radius 1 is 1.00 bits per heavy atom. The van der Waals surface area contributed by atoms with Crippen molar-refractivity contribution in [2.75, 3.05) is 24.7 Å². The first-order chi connectivity index (χ1) is 15.1. The average molecular weight is 412 g/mol. The van der Waals surface area contributed by atoms with Crippen LogP contribution >= 0.6 is 0 Å². The van der Waals surface area contributed by atoms with Crippen LogP contribution in [0.3, 0.4) is 0 Å². The van der Waals surface area contributed by atoms with Gasteiger partial charge in [0.25, 0.3) is 5.91 Å². The molecule has 1 fully saturated rings. The normalized spacial score (nSPS) is 16.7. The second kappa shape index (κ2) is 7.64. The molecular weight excluding hydrogens is 391 g/mol. The van der Waals surface area contributed by atoms with Gasteiger partial charge >= 0.3 is 0 Å². The summed E-state index contributed by atoms with van der Waals surface area (Å²) in [6.45, 7) is 1.83. The molecule has 2 aliphatic heterocycles. The van der Waals surface area contributed by atoms with E-state index in [0.29, 0.717) is 30.9 Å². The molecule has 0 atom stereocenters. The van der Waals surface area contributed by atoms with Crippen LogP contribution in [0, 0.1) is 17.1 Å². The van der Waals surface area contributed by atoms with Gasteiger partial charge in [-0.1, -0.05) is 30.3 Å². The number of benzene rings is 3. The molecular formula is C26H21FN2O2. The summed E-state index contributed by atoms with van der Waals surface area (Å²) in [5.74, 6) is -0.441. The average Bonchev–Trinajstić information content (AvgIpc) is 3.12. The predicted molar refractivity (Wildman–Crippen MR) is 116 cm³/mol. The van der Waals surface area contributed by atoms with E-state index in [0.717, 1.165) is 35.2 Å². The van der Waals surface area contributed by atoms with E-state index in [4.69, 9.17) is 4.74 Å². The Morgan fingerprint density at radius 2 is 1.77 bits per heavy atom. The number of fused-ring (bicyclic) bond motifs is 2. The van der Waals surface area contributed by atoms with Crippen molar-refractivity contribution >= 4 is 11.6 Å². The summed E-state index contributed by atoms with van der Waals surface area (Å²) in [6.07, 6.45) is 1.63. The lowest BCUT2D eigenvalue weighted by atomic mass is 9.75. The molecule has 1 saturated heterocycles. The molecule has 4 nitrogen and oxygen atoms in total. The molecule has 3 aromatic rings. The van der Waals surface area contributed by atoms with Crippen molar-refractivity contribution in [3.05, 3.63) is 89.2 Å². The Hall–Kier alpha value is -3.49. The molecule has 0 unspecified atom stereocenters. The molecule has 2 heterocycles. The summed E-state index contributed by atoms with van der Waals surface area (Å²) >= 11 is 0. The summed E-state index contributed by atoms with van der Waals surface area (Å²) in [6, 6.07) is 21.6. The number of nitriles is 1. The van der Waals surface area contributed by atoms with Gasteiger partial charge in [-0.15, -0.1) is 0 Å². The largest absolute Gasteiger partial charge is 0.381 e. The van der Waals surface area contributed by atoms with Crippen molar-refractivity contribution in [1.82, 2.24) is 0 Å². The number of hydrogen-bond donors (Lipinski definition) is 0. The fourth-order valence-electron chi connectivity index (χ4n) is 4.80. The summed E-state index contributed by atoms with van der Waals surface area (Å²) in [5, 5.41) is 9.46. The molecule has 1 spiro atoms. The zero-order chi connectivity index (χ0) is 21.4. The number of rotatable bonds is 2. The standard InChI is InChI=1S/C26H21FN2O2/c27-21-6-3-5-18(14-21)19-8-9-24-23(15-19)26(10-12-31-13-11-26)17-29(24)25(30)22-7-2-1-4-20(22)16-28/h1-9,14-15H,10-13,17H2. The molecule has 5 heteroatoms. The maximum Gasteiger partial charge on any atom is 0.259 e. The van der Waals surface area contributed by atoms with Crippen molar-refractivity contribution in [2.45, 2.75) is 18.3 Å². The number of hydrogen-bond acceptors (Lipinski definition) is 3. The second-order valence-corrected chi connectivity index (χ2v) is 8.18. The van der Waals surface area contributed by atoms with E-state index in [2.05, 4.69) is 12.1 Å². The van der Waals surface area contributed by atoms with Gasteiger partial charge in [-0.2, -0.15) is 5.26 Å². The number of anilines is 1. The number of carbonyl (C=O) groups excluding carboxylic acids is 1. The van der Waals surface area contributed by atoms with Crippen LogP contribution in [0.2, 0.25) is 0 Å².